The van der Waals surface area contributed by atoms with E-state index in [1.54, 1.807) is 12.1 Å². The summed E-state index contributed by atoms with van der Waals surface area (Å²) >= 11 is 0. The Morgan fingerprint density at radius 3 is 1.85 bits per heavy atom. The lowest BCUT2D eigenvalue weighted by molar-refractivity contribution is -0.119. The van der Waals surface area contributed by atoms with Gasteiger partial charge in [-0.3, -0.25) is 9.59 Å². The van der Waals surface area contributed by atoms with Gasteiger partial charge in [0.1, 0.15) is 11.6 Å². The number of nitrogens with one attached hydrogen (secondary N) is 3. The lowest BCUT2D eigenvalue weighted by Gasteiger charge is -2.26. The molecule has 0 radical (unpaired) electrons. The first-order valence-corrected chi connectivity index (χ1v) is 9.92. The SMILES string of the molecule is CCCC(C)(C)CC(=O)Nc1ccc(NC(=O)CC(C)(CC)CCC)[nH]1. The van der Waals surface area contributed by atoms with Crippen LogP contribution in [-0.2, 0) is 9.59 Å². The quantitative estimate of drug-likeness (QED) is 0.471. The first-order chi connectivity index (χ1) is 12.1. The number of amides is 2. The van der Waals surface area contributed by atoms with Gasteiger partial charge in [0.25, 0.3) is 0 Å². The highest BCUT2D eigenvalue weighted by atomic mass is 16.2. The number of carbonyl (C=O) groups excluding carboxylic acids is 2. The summed E-state index contributed by atoms with van der Waals surface area (Å²) in [7, 11) is 0. The van der Waals surface area contributed by atoms with Gasteiger partial charge in [-0.15, -0.1) is 0 Å². The summed E-state index contributed by atoms with van der Waals surface area (Å²) in [5.41, 5.74) is 0.0275. The molecule has 148 valence electrons. The predicted octanol–water partition coefficient (Wildman–Crippen LogP) is 5.71. The number of anilines is 2. The fourth-order valence-electron chi connectivity index (χ4n) is 3.51. The molecule has 1 rings (SSSR count). The molecule has 1 unspecified atom stereocenters. The second-order valence-electron chi connectivity index (χ2n) is 8.56. The van der Waals surface area contributed by atoms with Gasteiger partial charge in [0, 0.05) is 12.8 Å². The van der Waals surface area contributed by atoms with E-state index in [-0.39, 0.29) is 22.6 Å². The third-order valence-electron chi connectivity index (χ3n) is 5.09. The van der Waals surface area contributed by atoms with Crippen molar-refractivity contribution in [1.29, 1.82) is 0 Å². The first kappa shape index (κ1) is 22.3. The number of hydrogen-bond acceptors (Lipinski definition) is 2. The Labute approximate surface area is 158 Å². The molecular weight excluding hydrogens is 326 g/mol. The molecule has 0 aliphatic heterocycles. The Morgan fingerprint density at radius 1 is 0.885 bits per heavy atom. The van der Waals surface area contributed by atoms with Gasteiger partial charge in [0.15, 0.2) is 0 Å². The zero-order chi connectivity index (χ0) is 19.8. The summed E-state index contributed by atoms with van der Waals surface area (Å²) < 4.78 is 0. The van der Waals surface area contributed by atoms with Crippen LogP contribution >= 0.6 is 0 Å². The fourth-order valence-corrected chi connectivity index (χ4v) is 3.51. The van der Waals surface area contributed by atoms with E-state index in [1.807, 2.05) is 0 Å². The third-order valence-corrected chi connectivity index (χ3v) is 5.09. The van der Waals surface area contributed by atoms with E-state index >= 15 is 0 Å². The molecule has 5 nitrogen and oxygen atoms in total. The molecule has 1 aromatic heterocycles. The van der Waals surface area contributed by atoms with Crippen molar-refractivity contribution in [2.45, 2.75) is 86.5 Å². The van der Waals surface area contributed by atoms with Gasteiger partial charge in [-0.1, -0.05) is 60.8 Å². The summed E-state index contributed by atoms with van der Waals surface area (Å²) in [5, 5.41) is 5.79. The van der Waals surface area contributed by atoms with E-state index < -0.39 is 0 Å². The van der Waals surface area contributed by atoms with Crippen molar-refractivity contribution in [3.8, 4) is 0 Å². The summed E-state index contributed by atoms with van der Waals surface area (Å²) in [6, 6.07) is 3.57. The number of carbonyl (C=O) groups is 2. The maximum Gasteiger partial charge on any atom is 0.226 e. The van der Waals surface area contributed by atoms with Crippen molar-refractivity contribution in [3.63, 3.8) is 0 Å². The van der Waals surface area contributed by atoms with Crippen LogP contribution in [-0.4, -0.2) is 16.8 Å². The van der Waals surface area contributed by atoms with Crippen molar-refractivity contribution >= 4 is 23.5 Å². The molecule has 3 N–H and O–H groups in total. The van der Waals surface area contributed by atoms with Gasteiger partial charge in [0.2, 0.25) is 11.8 Å². The maximum atomic E-state index is 12.3. The molecule has 1 atom stereocenters. The minimum atomic E-state index is -0.00956. The zero-order valence-corrected chi connectivity index (χ0v) is 17.4. The highest BCUT2D eigenvalue weighted by Crippen LogP contribution is 2.32. The van der Waals surface area contributed by atoms with Crippen molar-refractivity contribution < 1.29 is 9.59 Å². The van der Waals surface area contributed by atoms with Crippen molar-refractivity contribution in [2.75, 3.05) is 10.6 Å². The van der Waals surface area contributed by atoms with Crippen molar-refractivity contribution in [2.24, 2.45) is 10.8 Å². The van der Waals surface area contributed by atoms with Gasteiger partial charge < -0.3 is 15.6 Å². The van der Waals surface area contributed by atoms with Crippen LogP contribution in [0.1, 0.15) is 86.5 Å². The largest absolute Gasteiger partial charge is 0.328 e. The maximum absolute atomic E-state index is 12.3. The molecule has 0 aromatic carbocycles. The summed E-state index contributed by atoms with van der Waals surface area (Å²) in [4.78, 5) is 27.6. The molecule has 1 aromatic rings. The fraction of sp³-hybridized carbons (Fsp3) is 0.714. The van der Waals surface area contributed by atoms with Crippen LogP contribution in [0.5, 0.6) is 0 Å². The molecule has 0 aliphatic rings. The highest BCUT2D eigenvalue weighted by Gasteiger charge is 2.25. The Morgan fingerprint density at radius 2 is 1.38 bits per heavy atom. The second kappa shape index (κ2) is 9.79. The number of rotatable bonds is 11. The first-order valence-electron chi connectivity index (χ1n) is 9.92. The molecule has 0 aliphatic carbocycles. The van der Waals surface area contributed by atoms with E-state index in [4.69, 9.17) is 0 Å². The topological polar surface area (TPSA) is 74.0 Å². The zero-order valence-electron chi connectivity index (χ0n) is 17.4. The molecule has 1 heterocycles. The Hall–Kier alpha value is -1.78. The summed E-state index contributed by atoms with van der Waals surface area (Å²) in [6.07, 6.45) is 6.15. The van der Waals surface area contributed by atoms with Crippen LogP contribution in [0.25, 0.3) is 0 Å². The molecule has 2 amide bonds. The molecule has 0 fully saturated rings. The number of aromatic nitrogens is 1. The smallest absolute Gasteiger partial charge is 0.226 e. The average molecular weight is 364 g/mol. The lowest BCUT2D eigenvalue weighted by Crippen LogP contribution is -2.24. The van der Waals surface area contributed by atoms with E-state index in [9.17, 15) is 9.59 Å². The average Bonchev–Trinajstić information content (AvgIpc) is 2.93. The molecule has 0 bridgehead atoms. The normalized spacial score (nSPS) is 13.9. The van der Waals surface area contributed by atoms with Gasteiger partial charge >= 0.3 is 0 Å². The van der Waals surface area contributed by atoms with Gasteiger partial charge in [-0.2, -0.15) is 0 Å². The standard InChI is InChI=1S/C21H37N3O2/c1-7-12-20(4,5)14-18(25)23-16-10-11-17(22-16)24-19(26)15-21(6,9-3)13-8-2/h10-11,22H,7-9,12-15H2,1-6H3,(H,23,25)(H,24,26). The molecular formula is C21H37N3O2. The Bertz CT molecular complexity index is 592. The monoisotopic (exact) mass is 363 g/mol. The number of aromatic amines is 1. The van der Waals surface area contributed by atoms with Crippen LogP contribution in [0.15, 0.2) is 12.1 Å². The van der Waals surface area contributed by atoms with Crippen molar-refractivity contribution in [1.82, 2.24) is 4.98 Å². The third kappa shape index (κ3) is 7.63. The van der Waals surface area contributed by atoms with Crippen molar-refractivity contribution in [3.05, 3.63) is 12.1 Å². The molecule has 0 saturated heterocycles. The van der Waals surface area contributed by atoms with Crippen LogP contribution in [0, 0.1) is 10.8 Å². The van der Waals surface area contributed by atoms with E-state index in [1.165, 1.54) is 0 Å². The summed E-state index contributed by atoms with van der Waals surface area (Å²) in [5.74, 6) is 1.23. The number of H-pyrrole nitrogens is 1. The lowest BCUT2D eigenvalue weighted by atomic mass is 9.79. The van der Waals surface area contributed by atoms with E-state index in [0.29, 0.717) is 24.5 Å². The molecule has 5 heteroatoms. The molecule has 0 spiro atoms. The van der Waals surface area contributed by atoms with Gasteiger partial charge in [-0.25, -0.2) is 0 Å². The predicted molar refractivity (Wildman–Crippen MR) is 109 cm³/mol. The van der Waals surface area contributed by atoms with Crippen LogP contribution in [0.3, 0.4) is 0 Å². The minimum absolute atomic E-state index is 0.00612. The van der Waals surface area contributed by atoms with E-state index in [2.05, 4.69) is 57.2 Å². The number of hydrogen-bond donors (Lipinski definition) is 3. The van der Waals surface area contributed by atoms with Crippen LogP contribution in [0.2, 0.25) is 0 Å². The summed E-state index contributed by atoms with van der Waals surface area (Å²) in [6.45, 7) is 12.8. The van der Waals surface area contributed by atoms with E-state index in [0.717, 1.165) is 32.1 Å². The Kier molecular flexibility index (Phi) is 8.38. The van der Waals surface area contributed by atoms with Crippen LogP contribution < -0.4 is 10.6 Å². The van der Waals surface area contributed by atoms with Crippen LogP contribution in [0.4, 0.5) is 11.6 Å². The molecule has 0 saturated carbocycles. The van der Waals surface area contributed by atoms with Gasteiger partial charge in [-0.05, 0) is 35.8 Å². The highest BCUT2D eigenvalue weighted by molar-refractivity contribution is 5.93. The van der Waals surface area contributed by atoms with Gasteiger partial charge in [0.05, 0.1) is 0 Å². The second-order valence-corrected chi connectivity index (χ2v) is 8.56. The minimum Gasteiger partial charge on any atom is -0.328 e. The molecule has 26 heavy (non-hydrogen) atoms. The Balaban J connectivity index is 2.57.